The number of carbonyl (C=O) groups is 1. The van der Waals surface area contributed by atoms with E-state index in [4.69, 9.17) is 9.26 Å². The molecule has 1 N–H and O–H groups in total. The van der Waals surface area contributed by atoms with E-state index in [1.165, 1.54) is 38.5 Å². The molecule has 2 unspecified atom stereocenters. The van der Waals surface area contributed by atoms with Crippen molar-refractivity contribution in [2.75, 3.05) is 19.4 Å². The number of unbranched alkanes of at least 4 members (excludes halogenated alkanes) is 5. The molecule has 6 heteroatoms. The summed E-state index contributed by atoms with van der Waals surface area (Å²) in [6.07, 6.45) is 22.3. The largest absolute Gasteiger partial charge is 0.465 e. The monoisotopic (exact) mass is 442 g/mol. The van der Waals surface area contributed by atoms with Crippen molar-refractivity contribution >= 4 is 13.6 Å². The number of rotatable bonds is 17. The van der Waals surface area contributed by atoms with Gasteiger partial charge in [0.1, 0.15) is 0 Å². The summed E-state index contributed by atoms with van der Waals surface area (Å²) in [5.41, 5.74) is 0. The number of esters is 1. The highest BCUT2D eigenvalue weighted by Crippen LogP contribution is 2.49. The van der Waals surface area contributed by atoms with Gasteiger partial charge in [0.05, 0.1) is 19.4 Å². The molecule has 0 bridgehead atoms. The van der Waals surface area contributed by atoms with Gasteiger partial charge in [-0.1, -0.05) is 70.3 Å². The van der Waals surface area contributed by atoms with Gasteiger partial charge in [0.25, 0.3) is 0 Å². The summed E-state index contributed by atoms with van der Waals surface area (Å²) >= 11 is 0. The van der Waals surface area contributed by atoms with Crippen molar-refractivity contribution in [1.29, 1.82) is 0 Å². The highest BCUT2D eigenvalue weighted by atomic mass is 31.2. The van der Waals surface area contributed by atoms with Crippen LogP contribution >= 0.6 is 7.60 Å². The van der Waals surface area contributed by atoms with Gasteiger partial charge in [0, 0.05) is 12.3 Å². The van der Waals surface area contributed by atoms with Crippen LogP contribution in [0.15, 0.2) is 24.3 Å². The van der Waals surface area contributed by atoms with Crippen LogP contribution in [-0.4, -0.2) is 30.2 Å². The van der Waals surface area contributed by atoms with Gasteiger partial charge in [0.15, 0.2) is 0 Å². The van der Waals surface area contributed by atoms with Gasteiger partial charge in [-0.05, 0) is 44.4 Å². The van der Waals surface area contributed by atoms with Crippen LogP contribution < -0.4 is 0 Å². The van der Waals surface area contributed by atoms with Crippen molar-refractivity contribution < 1.29 is 23.5 Å². The SMILES string of the molecule is CCC(CC)CC/C=C\C/C=C\CCCCCCCC(=O)OCC1COP(=O)(O)C1. The molecule has 1 fully saturated rings. The van der Waals surface area contributed by atoms with Gasteiger partial charge in [-0.2, -0.15) is 0 Å². The fourth-order valence-electron chi connectivity index (χ4n) is 3.63. The van der Waals surface area contributed by atoms with Gasteiger partial charge in [-0.3, -0.25) is 9.36 Å². The zero-order chi connectivity index (χ0) is 22.1. The fourth-order valence-corrected chi connectivity index (χ4v) is 5.05. The molecule has 1 saturated heterocycles. The molecular formula is C24H43O5P. The lowest BCUT2D eigenvalue weighted by molar-refractivity contribution is -0.145. The Hall–Kier alpha value is -0.900. The lowest BCUT2D eigenvalue weighted by Gasteiger charge is -2.09. The van der Waals surface area contributed by atoms with E-state index in [0.717, 1.165) is 38.0 Å². The van der Waals surface area contributed by atoms with E-state index in [9.17, 15) is 14.3 Å². The molecule has 0 aliphatic carbocycles. The lowest BCUT2D eigenvalue weighted by Crippen LogP contribution is -2.16. The molecule has 0 aromatic rings. The molecule has 2 atom stereocenters. The summed E-state index contributed by atoms with van der Waals surface area (Å²) in [6.45, 7) is 4.94. The molecule has 1 aliphatic rings. The standard InChI is InChI=1S/C24H43O5P/c1-3-22(4-2)17-15-13-11-9-7-5-6-8-10-12-14-16-18-24(25)28-19-23-20-29-30(26,27)21-23/h5,7,11,13,22-23H,3-4,6,8-10,12,14-21H2,1-2H3,(H,26,27)/b7-5-,13-11-. The first-order valence-corrected chi connectivity index (χ1v) is 13.6. The zero-order valence-electron chi connectivity index (χ0n) is 19.1. The molecule has 30 heavy (non-hydrogen) atoms. The molecule has 5 nitrogen and oxygen atoms in total. The third-order valence-electron chi connectivity index (χ3n) is 5.73. The van der Waals surface area contributed by atoms with E-state index in [1.807, 2.05) is 0 Å². The average Bonchev–Trinajstić information content (AvgIpc) is 3.08. The van der Waals surface area contributed by atoms with Crippen LogP contribution in [0.3, 0.4) is 0 Å². The van der Waals surface area contributed by atoms with Crippen LogP contribution in [0.1, 0.15) is 90.9 Å². The van der Waals surface area contributed by atoms with E-state index in [0.29, 0.717) is 6.42 Å². The van der Waals surface area contributed by atoms with Crippen LogP contribution in [-0.2, 0) is 18.6 Å². The first-order chi connectivity index (χ1) is 14.5. The molecule has 1 aliphatic heterocycles. The van der Waals surface area contributed by atoms with Crippen LogP contribution in [0, 0.1) is 11.8 Å². The second kappa shape index (κ2) is 16.8. The van der Waals surface area contributed by atoms with Crippen LogP contribution in [0.25, 0.3) is 0 Å². The smallest absolute Gasteiger partial charge is 0.328 e. The topological polar surface area (TPSA) is 72.8 Å². The molecular weight excluding hydrogens is 399 g/mol. The predicted octanol–water partition coefficient (Wildman–Crippen LogP) is 6.81. The summed E-state index contributed by atoms with van der Waals surface area (Å²) in [5.74, 6) is 0.514. The Morgan fingerprint density at radius 2 is 1.73 bits per heavy atom. The molecule has 1 heterocycles. The molecule has 0 radical (unpaired) electrons. The van der Waals surface area contributed by atoms with E-state index >= 15 is 0 Å². The predicted molar refractivity (Wildman–Crippen MR) is 124 cm³/mol. The lowest BCUT2D eigenvalue weighted by atomic mass is 9.97. The van der Waals surface area contributed by atoms with Crippen molar-refractivity contribution in [3.8, 4) is 0 Å². The molecule has 0 spiro atoms. The number of hydrogen-bond acceptors (Lipinski definition) is 4. The number of ether oxygens (including phenoxy) is 1. The Bertz CT molecular complexity index is 554. The Morgan fingerprint density at radius 1 is 1.07 bits per heavy atom. The normalized spacial score (nSPS) is 21.9. The molecule has 0 saturated carbocycles. The maximum absolute atomic E-state index is 11.7. The van der Waals surface area contributed by atoms with Gasteiger partial charge in [0.2, 0.25) is 0 Å². The van der Waals surface area contributed by atoms with Crippen molar-refractivity contribution in [1.82, 2.24) is 0 Å². The summed E-state index contributed by atoms with van der Waals surface area (Å²) in [6, 6.07) is 0. The third-order valence-corrected chi connectivity index (χ3v) is 7.26. The molecule has 1 rings (SSSR count). The van der Waals surface area contributed by atoms with E-state index in [1.54, 1.807) is 0 Å². The van der Waals surface area contributed by atoms with Gasteiger partial charge in [-0.25, -0.2) is 0 Å². The average molecular weight is 443 g/mol. The van der Waals surface area contributed by atoms with Gasteiger partial charge < -0.3 is 14.2 Å². The zero-order valence-corrected chi connectivity index (χ0v) is 20.0. The van der Waals surface area contributed by atoms with Crippen LogP contribution in [0.2, 0.25) is 0 Å². The number of carbonyl (C=O) groups excluding carboxylic acids is 1. The van der Waals surface area contributed by atoms with Gasteiger partial charge in [-0.15, -0.1) is 0 Å². The van der Waals surface area contributed by atoms with Crippen molar-refractivity contribution in [3.63, 3.8) is 0 Å². The van der Waals surface area contributed by atoms with E-state index < -0.39 is 7.60 Å². The first-order valence-electron chi connectivity index (χ1n) is 11.9. The summed E-state index contributed by atoms with van der Waals surface area (Å²) in [7, 11) is -3.42. The van der Waals surface area contributed by atoms with E-state index in [2.05, 4.69) is 38.2 Å². The van der Waals surface area contributed by atoms with Crippen molar-refractivity contribution in [2.24, 2.45) is 11.8 Å². The second-order valence-electron chi connectivity index (χ2n) is 8.41. The summed E-state index contributed by atoms with van der Waals surface area (Å²) in [5, 5.41) is 0. The second-order valence-corrected chi connectivity index (χ2v) is 10.3. The Balaban J connectivity index is 1.87. The maximum Gasteiger partial charge on any atom is 0.328 e. The molecule has 0 aromatic heterocycles. The quantitative estimate of drug-likeness (QED) is 0.116. The molecule has 0 aromatic carbocycles. The van der Waals surface area contributed by atoms with Crippen LogP contribution in [0.5, 0.6) is 0 Å². The molecule has 0 amide bonds. The van der Waals surface area contributed by atoms with Crippen molar-refractivity contribution in [2.45, 2.75) is 90.9 Å². The number of hydrogen-bond donors (Lipinski definition) is 1. The summed E-state index contributed by atoms with van der Waals surface area (Å²) in [4.78, 5) is 21.0. The third kappa shape index (κ3) is 14.2. The Labute approximate surface area is 183 Å². The highest BCUT2D eigenvalue weighted by molar-refractivity contribution is 7.53. The Kier molecular flexibility index (Phi) is 15.2. The molecule has 174 valence electrons. The van der Waals surface area contributed by atoms with Gasteiger partial charge >= 0.3 is 13.6 Å². The highest BCUT2D eigenvalue weighted by Gasteiger charge is 2.34. The maximum atomic E-state index is 11.7. The van der Waals surface area contributed by atoms with Crippen molar-refractivity contribution in [3.05, 3.63) is 24.3 Å². The fraction of sp³-hybridized carbons (Fsp3) is 0.792. The number of allylic oxidation sites excluding steroid dienone is 4. The first kappa shape index (κ1) is 27.1. The Morgan fingerprint density at radius 3 is 2.40 bits per heavy atom. The van der Waals surface area contributed by atoms with E-state index in [-0.39, 0.29) is 31.3 Å². The van der Waals surface area contributed by atoms with Crippen LogP contribution in [0.4, 0.5) is 0 Å². The minimum Gasteiger partial charge on any atom is -0.465 e. The summed E-state index contributed by atoms with van der Waals surface area (Å²) < 4.78 is 21.3. The minimum absolute atomic E-state index is 0.0867. The minimum atomic E-state index is -3.42.